The minimum Gasteiger partial charge on any atom is -0.748 e. The van der Waals surface area contributed by atoms with Crippen LogP contribution in [0.3, 0.4) is 0 Å². The van der Waals surface area contributed by atoms with E-state index in [0.29, 0.717) is 6.42 Å². The number of esters is 1. The van der Waals surface area contributed by atoms with Crippen LogP contribution in [0.25, 0.3) is 0 Å². The molecule has 0 aliphatic carbocycles. The van der Waals surface area contributed by atoms with Crippen LogP contribution in [0.1, 0.15) is 47.0 Å². The van der Waals surface area contributed by atoms with Gasteiger partial charge >= 0.3 is 5.97 Å². The molecule has 0 heterocycles. The second-order valence-corrected chi connectivity index (χ2v) is 9.41. The Balaban J connectivity index is 0. The Morgan fingerprint density at radius 1 is 1.14 bits per heavy atom. The van der Waals surface area contributed by atoms with Gasteiger partial charge in [0.15, 0.2) is 0 Å². The third-order valence-electron chi connectivity index (χ3n) is 4.47. The monoisotopic (exact) mass is 436 g/mol. The lowest BCUT2D eigenvalue weighted by Crippen LogP contribution is -2.50. The fourth-order valence-corrected chi connectivity index (χ4v) is 4.03. The first-order chi connectivity index (χ1) is 12.6. The molecule has 0 bridgehead atoms. The molecule has 0 aromatic carbocycles. The van der Waals surface area contributed by atoms with Crippen LogP contribution >= 0.6 is 0 Å². The third kappa shape index (κ3) is 11.1. The molecule has 0 spiro atoms. The molecule has 3 unspecified atom stereocenters. The van der Waals surface area contributed by atoms with Gasteiger partial charge in [-0.25, -0.2) is 8.42 Å². The van der Waals surface area contributed by atoms with E-state index in [1.165, 1.54) is 25.9 Å². The van der Waals surface area contributed by atoms with Crippen molar-refractivity contribution in [1.29, 1.82) is 0 Å². The maximum absolute atomic E-state index is 12.6. The first-order valence-corrected chi connectivity index (χ1v) is 10.8. The topological polar surface area (TPSA) is 133 Å². The van der Waals surface area contributed by atoms with Gasteiger partial charge in [0, 0.05) is 38.9 Å². The van der Waals surface area contributed by atoms with E-state index >= 15 is 0 Å². The van der Waals surface area contributed by atoms with Crippen LogP contribution in [-0.4, -0.2) is 68.2 Å². The van der Waals surface area contributed by atoms with Crippen molar-refractivity contribution in [2.45, 2.75) is 52.5 Å². The summed E-state index contributed by atoms with van der Waals surface area (Å²) < 4.78 is 37.7. The Morgan fingerprint density at radius 2 is 1.66 bits per heavy atom. The molecule has 0 aliphatic heterocycles. The molecule has 10 heteroatoms. The SMILES string of the molecule is CCC(CC(CC(C)C(=O)NC(C)(C)CS(=O)(=O)[O-])C(=O)N(C)C)C(=O)OC.[CH3+]. The Labute approximate surface area is 175 Å². The molecule has 2 amide bonds. The fourth-order valence-electron chi connectivity index (χ4n) is 3.07. The predicted octanol–water partition coefficient (Wildman–Crippen LogP) is 1.20. The van der Waals surface area contributed by atoms with Crippen LogP contribution < -0.4 is 5.32 Å². The van der Waals surface area contributed by atoms with Crippen LogP contribution in [0.4, 0.5) is 0 Å². The molecule has 29 heavy (non-hydrogen) atoms. The first-order valence-electron chi connectivity index (χ1n) is 9.18. The highest BCUT2D eigenvalue weighted by molar-refractivity contribution is 7.85. The Hall–Kier alpha value is -1.81. The third-order valence-corrected chi connectivity index (χ3v) is 5.55. The zero-order chi connectivity index (χ0) is 22.3. The minimum atomic E-state index is -4.51. The number of carbonyl (C=O) groups is 3. The number of hydrogen-bond donors (Lipinski definition) is 1. The summed E-state index contributed by atoms with van der Waals surface area (Å²) in [5.74, 6) is -3.48. The molecule has 0 saturated carbocycles. The van der Waals surface area contributed by atoms with E-state index in [-0.39, 0.29) is 26.2 Å². The molecule has 0 aromatic heterocycles. The average Bonchev–Trinajstić information content (AvgIpc) is 2.53. The number of methoxy groups -OCH3 is 1. The van der Waals surface area contributed by atoms with E-state index in [0.717, 1.165) is 0 Å². The molecule has 0 rings (SSSR count). The number of hydrogen-bond acceptors (Lipinski definition) is 7. The predicted molar refractivity (Wildman–Crippen MR) is 110 cm³/mol. The smallest absolute Gasteiger partial charge is 0.308 e. The highest BCUT2D eigenvalue weighted by atomic mass is 32.2. The normalized spacial score (nSPS) is 14.8. The van der Waals surface area contributed by atoms with E-state index in [4.69, 9.17) is 4.74 Å². The van der Waals surface area contributed by atoms with Gasteiger partial charge in [-0.05, 0) is 33.1 Å². The van der Waals surface area contributed by atoms with Crippen molar-refractivity contribution in [3.05, 3.63) is 7.43 Å². The van der Waals surface area contributed by atoms with Gasteiger partial charge in [-0.15, -0.1) is 0 Å². The zero-order valence-corrected chi connectivity index (χ0v) is 19.6. The van der Waals surface area contributed by atoms with Crippen LogP contribution in [0.5, 0.6) is 0 Å². The van der Waals surface area contributed by atoms with E-state index in [2.05, 4.69) is 5.32 Å². The van der Waals surface area contributed by atoms with Gasteiger partial charge in [0.25, 0.3) is 0 Å². The van der Waals surface area contributed by atoms with Gasteiger partial charge in [-0.2, -0.15) is 0 Å². The second kappa shape index (κ2) is 12.0. The van der Waals surface area contributed by atoms with E-state index in [1.807, 2.05) is 6.92 Å². The molecule has 0 fully saturated rings. The quantitative estimate of drug-likeness (QED) is 0.292. The summed E-state index contributed by atoms with van der Waals surface area (Å²) in [4.78, 5) is 38.4. The number of carbonyl (C=O) groups excluding carboxylic acids is 3. The minimum absolute atomic E-state index is 0. The number of nitrogens with one attached hydrogen (secondary N) is 1. The van der Waals surface area contributed by atoms with E-state index in [1.54, 1.807) is 21.0 Å². The Kier molecular flexibility index (Phi) is 12.2. The summed E-state index contributed by atoms with van der Waals surface area (Å²) in [5, 5.41) is 2.55. The van der Waals surface area contributed by atoms with Crippen molar-refractivity contribution in [1.82, 2.24) is 10.2 Å². The van der Waals surface area contributed by atoms with Crippen LogP contribution in [0, 0.1) is 25.2 Å². The van der Waals surface area contributed by atoms with Crippen LogP contribution in [0.15, 0.2) is 0 Å². The van der Waals surface area contributed by atoms with Gasteiger partial charge < -0.3 is 19.5 Å². The van der Waals surface area contributed by atoms with Crippen molar-refractivity contribution in [2.24, 2.45) is 17.8 Å². The largest absolute Gasteiger partial charge is 0.748 e. The van der Waals surface area contributed by atoms with Crippen LogP contribution in [0.2, 0.25) is 0 Å². The van der Waals surface area contributed by atoms with Gasteiger partial charge in [-0.1, -0.05) is 13.8 Å². The first kappa shape index (κ1) is 29.4. The Morgan fingerprint density at radius 3 is 2.03 bits per heavy atom. The van der Waals surface area contributed by atoms with Crippen LogP contribution in [-0.2, 0) is 29.2 Å². The zero-order valence-electron chi connectivity index (χ0n) is 18.8. The summed E-state index contributed by atoms with van der Waals surface area (Å²) in [6, 6.07) is 0. The number of nitrogens with zero attached hydrogens (tertiary/aromatic N) is 1. The van der Waals surface area contributed by atoms with Gasteiger partial charge in [-0.3, -0.25) is 14.4 Å². The highest BCUT2D eigenvalue weighted by Crippen LogP contribution is 2.25. The molecule has 0 aromatic rings. The number of rotatable bonds is 11. The summed E-state index contributed by atoms with van der Waals surface area (Å²) in [6.07, 6.45) is 0.922. The number of amides is 2. The molecule has 0 saturated heterocycles. The van der Waals surface area contributed by atoms with Crippen molar-refractivity contribution >= 4 is 27.9 Å². The van der Waals surface area contributed by atoms with Gasteiger partial charge in [0.1, 0.15) is 0 Å². The highest BCUT2D eigenvalue weighted by Gasteiger charge is 2.32. The summed E-state index contributed by atoms with van der Waals surface area (Å²) in [7, 11) is -0.0246. The average molecular weight is 437 g/mol. The molecular formula is C19H36N2O7S. The van der Waals surface area contributed by atoms with Crippen molar-refractivity contribution < 1.29 is 32.1 Å². The van der Waals surface area contributed by atoms with E-state index in [9.17, 15) is 27.4 Å². The molecule has 1 N–H and O–H groups in total. The number of ether oxygens (including phenoxy) is 1. The lowest BCUT2D eigenvalue weighted by molar-refractivity contribution is -0.147. The van der Waals surface area contributed by atoms with Crippen molar-refractivity contribution in [3.63, 3.8) is 0 Å². The molecule has 0 radical (unpaired) electrons. The molecule has 9 nitrogen and oxygen atoms in total. The lowest BCUT2D eigenvalue weighted by Gasteiger charge is -2.30. The van der Waals surface area contributed by atoms with E-state index < -0.39 is 51.0 Å². The summed E-state index contributed by atoms with van der Waals surface area (Å²) in [6.45, 7) is 6.33. The molecule has 170 valence electrons. The van der Waals surface area contributed by atoms with Crippen molar-refractivity contribution in [2.75, 3.05) is 27.0 Å². The van der Waals surface area contributed by atoms with Crippen molar-refractivity contribution in [3.8, 4) is 0 Å². The summed E-state index contributed by atoms with van der Waals surface area (Å²) >= 11 is 0. The Bertz CT molecular complexity index is 659. The molecule has 3 atom stereocenters. The van der Waals surface area contributed by atoms with Gasteiger partial charge in [0.05, 0.1) is 28.9 Å². The summed E-state index contributed by atoms with van der Waals surface area (Å²) in [5.41, 5.74) is -1.23. The maximum Gasteiger partial charge on any atom is 0.308 e. The fraction of sp³-hybridized carbons (Fsp3) is 0.789. The second-order valence-electron chi connectivity index (χ2n) is 8.01. The standard InChI is InChI=1S/C18H34N2O7S.CH3/c1-8-13(17(23)27-7)10-14(16(22)20(5)6)9-12(2)15(21)19-18(3,4)11-28(24,25)26;/h12-14H,8-11H2,1-7H3,(H,19,21)(H,24,25,26);1H3/q;+1/p-1. The van der Waals surface area contributed by atoms with Gasteiger partial charge in [0.2, 0.25) is 11.8 Å². The molecule has 0 aliphatic rings. The lowest BCUT2D eigenvalue weighted by atomic mass is 9.85. The molecular weight excluding hydrogens is 400 g/mol. The maximum atomic E-state index is 12.6.